The quantitative estimate of drug-likeness (QED) is 0.196. The van der Waals surface area contributed by atoms with Crippen LogP contribution in [0.15, 0.2) is 122 Å². The maximum absolute atomic E-state index is 4.89. The van der Waals surface area contributed by atoms with Crippen LogP contribution in [0.1, 0.15) is 29.7 Å². The molecule has 0 amide bonds. The summed E-state index contributed by atoms with van der Waals surface area (Å²) < 4.78 is 4.79. The van der Waals surface area contributed by atoms with Gasteiger partial charge < -0.3 is 4.57 Å². The van der Waals surface area contributed by atoms with E-state index >= 15 is 0 Å². The summed E-state index contributed by atoms with van der Waals surface area (Å²) in [6.45, 7) is 0. The number of allylic oxidation sites excluding steroid dienone is 5. The van der Waals surface area contributed by atoms with Gasteiger partial charge in [-0.15, -0.1) is 0 Å². The molecule has 0 saturated carbocycles. The van der Waals surface area contributed by atoms with E-state index in [9.17, 15) is 0 Å². The zero-order valence-electron chi connectivity index (χ0n) is 24.1. The van der Waals surface area contributed by atoms with Gasteiger partial charge >= 0.3 is 0 Å². The third-order valence-corrected chi connectivity index (χ3v) is 8.93. The van der Waals surface area contributed by atoms with Gasteiger partial charge in [-0.05, 0) is 66.1 Å². The van der Waals surface area contributed by atoms with Gasteiger partial charge in [0.1, 0.15) is 5.52 Å². The van der Waals surface area contributed by atoms with Gasteiger partial charge in [0.15, 0.2) is 5.65 Å². The zero-order chi connectivity index (χ0) is 29.0. The minimum Gasteiger partial charge on any atom is -0.313 e. The van der Waals surface area contributed by atoms with Crippen molar-refractivity contribution < 1.29 is 0 Å². The van der Waals surface area contributed by atoms with E-state index in [4.69, 9.17) is 9.97 Å². The molecule has 0 fully saturated rings. The maximum atomic E-state index is 4.89. The largest absolute Gasteiger partial charge is 0.313 e. The monoisotopic (exact) mass is 564 g/mol. The highest BCUT2D eigenvalue weighted by molar-refractivity contribution is 6.19. The molecule has 0 aliphatic heterocycles. The summed E-state index contributed by atoms with van der Waals surface area (Å²) in [6.07, 6.45) is 18.1. The normalized spacial score (nSPS) is 15.9. The Balaban J connectivity index is 1.34. The zero-order valence-corrected chi connectivity index (χ0v) is 24.1. The third kappa shape index (κ3) is 3.87. The van der Waals surface area contributed by atoms with Crippen LogP contribution < -0.4 is 0 Å². The van der Waals surface area contributed by atoms with Crippen molar-refractivity contribution in [1.82, 2.24) is 19.1 Å². The highest BCUT2D eigenvalue weighted by Crippen LogP contribution is 2.43. The third-order valence-electron chi connectivity index (χ3n) is 8.93. The molecule has 7 aromatic rings. The second kappa shape index (κ2) is 9.97. The van der Waals surface area contributed by atoms with Gasteiger partial charge in [0.2, 0.25) is 0 Å². The molecule has 44 heavy (non-hydrogen) atoms. The van der Waals surface area contributed by atoms with Crippen molar-refractivity contribution >= 4 is 55.5 Å². The molecule has 2 aliphatic carbocycles. The van der Waals surface area contributed by atoms with Gasteiger partial charge in [0.05, 0.1) is 11.0 Å². The van der Waals surface area contributed by atoms with E-state index in [1.165, 1.54) is 38.6 Å². The van der Waals surface area contributed by atoms with Crippen LogP contribution in [0.3, 0.4) is 0 Å². The molecule has 0 spiro atoms. The minimum atomic E-state index is 0.129. The van der Waals surface area contributed by atoms with Crippen molar-refractivity contribution in [3.8, 4) is 17.5 Å². The average molecular weight is 565 g/mol. The SMILES string of the molecule is C(#CC1C=Cc2c(n(C3=CCCC=C3)c3ccc4c5nccnc5n(-c5ccc6ccccc6c5)c4c23)C1)c1ccccc1. The Kier molecular flexibility index (Phi) is 5.64. The van der Waals surface area contributed by atoms with Crippen molar-refractivity contribution in [3.05, 3.63) is 138 Å². The fraction of sp³-hybridized carbons (Fsp3) is 0.100. The van der Waals surface area contributed by atoms with Crippen LogP contribution in [0.5, 0.6) is 0 Å². The maximum Gasteiger partial charge on any atom is 0.164 e. The Morgan fingerprint density at radius 1 is 0.773 bits per heavy atom. The van der Waals surface area contributed by atoms with Crippen LogP contribution >= 0.6 is 0 Å². The number of aromatic nitrogens is 4. The Bertz CT molecular complexity index is 2420. The topological polar surface area (TPSA) is 35.6 Å². The number of rotatable bonds is 2. The first-order valence-corrected chi connectivity index (χ1v) is 15.3. The van der Waals surface area contributed by atoms with Crippen molar-refractivity contribution in [2.75, 3.05) is 0 Å². The van der Waals surface area contributed by atoms with Crippen LogP contribution in [0, 0.1) is 17.8 Å². The number of hydrogen-bond donors (Lipinski definition) is 0. The molecule has 4 heteroatoms. The molecule has 0 saturated heterocycles. The summed E-state index contributed by atoms with van der Waals surface area (Å²) in [5.74, 6) is 7.09. The molecule has 0 bridgehead atoms. The summed E-state index contributed by atoms with van der Waals surface area (Å²) in [7, 11) is 0. The van der Waals surface area contributed by atoms with Crippen LogP contribution in [-0.2, 0) is 6.42 Å². The molecule has 2 aliphatic rings. The number of benzene rings is 4. The van der Waals surface area contributed by atoms with Gasteiger partial charge in [-0.25, -0.2) is 4.98 Å². The molecular weight excluding hydrogens is 536 g/mol. The lowest BCUT2D eigenvalue weighted by molar-refractivity contribution is 0.781. The predicted molar refractivity (Wildman–Crippen MR) is 182 cm³/mol. The van der Waals surface area contributed by atoms with Gasteiger partial charge in [-0.1, -0.05) is 84.7 Å². The second-order valence-corrected chi connectivity index (χ2v) is 11.6. The number of fused-ring (bicyclic) bond motifs is 8. The van der Waals surface area contributed by atoms with Crippen LogP contribution in [0.4, 0.5) is 0 Å². The fourth-order valence-corrected chi connectivity index (χ4v) is 6.95. The first-order chi connectivity index (χ1) is 21.8. The highest BCUT2D eigenvalue weighted by Gasteiger charge is 2.27. The molecule has 3 aromatic heterocycles. The smallest absolute Gasteiger partial charge is 0.164 e. The Hall–Kier alpha value is -5.66. The van der Waals surface area contributed by atoms with Crippen molar-refractivity contribution in [3.63, 3.8) is 0 Å². The molecule has 1 atom stereocenters. The molecule has 9 rings (SSSR count). The van der Waals surface area contributed by atoms with Crippen LogP contribution in [-0.4, -0.2) is 19.1 Å². The Morgan fingerprint density at radius 3 is 2.52 bits per heavy atom. The molecule has 4 nitrogen and oxygen atoms in total. The summed E-state index contributed by atoms with van der Waals surface area (Å²) in [4.78, 5) is 9.74. The van der Waals surface area contributed by atoms with E-state index in [0.717, 1.165) is 52.6 Å². The number of nitrogens with zero attached hydrogens (tertiary/aromatic N) is 4. The van der Waals surface area contributed by atoms with Crippen LogP contribution in [0.2, 0.25) is 0 Å². The average Bonchev–Trinajstić information content (AvgIpc) is 3.60. The van der Waals surface area contributed by atoms with E-state index in [2.05, 4.69) is 118 Å². The summed E-state index contributed by atoms with van der Waals surface area (Å²) >= 11 is 0. The molecule has 0 N–H and O–H groups in total. The lowest BCUT2D eigenvalue weighted by Crippen LogP contribution is -2.10. The van der Waals surface area contributed by atoms with Crippen molar-refractivity contribution in [1.29, 1.82) is 0 Å². The summed E-state index contributed by atoms with van der Waals surface area (Å²) in [5.41, 5.74) is 10.1. The van der Waals surface area contributed by atoms with E-state index in [1.54, 1.807) is 12.4 Å². The molecular formula is C40H28N4. The molecule has 4 aromatic carbocycles. The summed E-state index contributed by atoms with van der Waals surface area (Å²) in [5, 5.41) is 4.77. The van der Waals surface area contributed by atoms with E-state index in [1.807, 2.05) is 18.2 Å². The molecule has 0 radical (unpaired) electrons. The molecule has 3 heterocycles. The van der Waals surface area contributed by atoms with Crippen molar-refractivity contribution in [2.45, 2.75) is 19.3 Å². The highest BCUT2D eigenvalue weighted by atomic mass is 15.1. The van der Waals surface area contributed by atoms with Crippen LogP contribution in [0.25, 0.3) is 61.2 Å². The van der Waals surface area contributed by atoms with Gasteiger partial charge in [0, 0.05) is 63.7 Å². The first-order valence-electron chi connectivity index (χ1n) is 15.3. The lowest BCUT2D eigenvalue weighted by atomic mass is 9.92. The number of hydrogen-bond acceptors (Lipinski definition) is 2. The lowest BCUT2D eigenvalue weighted by Gasteiger charge is -2.18. The Morgan fingerprint density at radius 2 is 1.64 bits per heavy atom. The van der Waals surface area contributed by atoms with Gasteiger partial charge in [-0.3, -0.25) is 9.55 Å². The fourth-order valence-electron chi connectivity index (χ4n) is 6.95. The van der Waals surface area contributed by atoms with E-state index in [0.29, 0.717) is 0 Å². The summed E-state index contributed by atoms with van der Waals surface area (Å²) in [6, 6.07) is 30.0. The Labute approximate surface area is 255 Å². The second-order valence-electron chi connectivity index (χ2n) is 11.6. The van der Waals surface area contributed by atoms with E-state index in [-0.39, 0.29) is 5.92 Å². The van der Waals surface area contributed by atoms with E-state index < -0.39 is 0 Å². The minimum absolute atomic E-state index is 0.129. The predicted octanol–water partition coefficient (Wildman–Crippen LogP) is 9.11. The van der Waals surface area contributed by atoms with Gasteiger partial charge in [0.25, 0.3) is 0 Å². The van der Waals surface area contributed by atoms with Gasteiger partial charge in [-0.2, -0.15) is 0 Å². The first kappa shape index (κ1) is 24.9. The standard InChI is InChI=1S/C40H28N4/c1-3-9-27(10-4-1)15-16-28-17-20-33-36(25-28)43(31-13-5-2-6-14-31)35-22-21-34-38-40(42-24-23-41-38)44(39(34)37(33)35)32-19-18-29-11-7-8-12-30(29)26-32/h1,3-5,7-14,17-24,26,28H,2,6,25H2. The van der Waals surface area contributed by atoms with Crippen molar-refractivity contribution in [2.24, 2.45) is 5.92 Å². The molecule has 1 unspecified atom stereocenters. The molecule has 208 valence electrons.